The summed E-state index contributed by atoms with van der Waals surface area (Å²) in [7, 11) is 0. The maximum Gasteiger partial charge on any atom is 0.112 e. The summed E-state index contributed by atoms with van der Waals surface area (Å²) in [5, 5.41) is 17.4. The third-order valence-electron chi connectivity index (χ3n) is 2.79. The van der Waals surface area contributed by atoms with Crippen LogP contribution in [0.4, 0.5) is 0 Å². The molecule has 0 bridgehead atoms. The summed E-state index contributed by atoms with van der Waals surface area (Å²) in [6.07, 6.45) is 2.09. The van der Waals surface area contributed by atoms with E-state index < -0.39 is 0 Å². The quantitative estimate of drug-likeness (QED) is 0.812. The molecule has 1 aromatic rings. The summed E-state index contributed by atoms with van der Waals surface area (Å²) >= 11 is 0. The van der Waals surface area contributed by atoms with Crippen molar-refractivity contribution in [2.24, 2.45) is 0 Å². The molecule has 0 radical (unpaired) electrons. The van der Waals surface area contributed by atoms with Crippen molar-refractivity contribution >= 4 is 0 Å². The normalized spacial score (nSPS) is 11.7. The lowest BCUT2D eigenvalue weighted by Gasteiger charge is -2.17. The molecular formula is C11H21N3O. The molecule has 1 heterocycles. The fraction of sp³-hybridized carbons (Fsp3) is 0.818. The first kappa shape index (κ1) is 12.2. The molecule has 0 aromatic carbocycles. The minimum absolute atomic E-state index is 0.0202. The predicted octanol–water partition coefficient (Wildman–Crippen LogP) is 2.25. The van der Waals surface area contributed by atoms with E-state index in [4.69, 9.17) is 0 Å². The Kier molecular flexibility index (Phi) is 4.27. The Morgan fingerprint density at radius 1 is 1.27 bits per heavy atom. The number of hydrogen-bond donors (Lipinski definition) is 1. The number of hydrogen-bond acceptors (Lipinski definition) is 3. The smallest absolute Gasteiger partial charge is 0.112 e. The first-order chi connectivity index (χ1) is 7.15. The molecule has 0 unspecified atom stereocenters. The third-order valence-corrected chi connectivity index (χ3v) is 2.79. The molecular weight excluding hydrogens is 190 g/mol. The van der Waals surface area contributed by atoms with Crippen LogP contribution in [0.3, 0.4) is 0 Å². The highest BCUT2D eigenvalue weighted by Gasteiger charge is 2.19. The monoisotopic (exact) mass is 211 g/mol. The minimum Gasteiger partial charge on any atom is -0.390 e. The molecule has 0 amide bonds. The number of nitrogens with zero attached hydrogens (tertiary/aromatic N) is 3. The van der Waals surface area contributed by atoms with Gasteiger partial charge in [-0.2, -0.15) is 0 Å². The highest BCUT2D eigenvalue weighted by molar-refractivity contribution is 5.14. The van der Waals surface area contributed by atoms with E-state index in [-0.39, 0.29) is 6.61 Å². The summed E-state index contributed by atoms with van der Waals surface area (Å²) in [4.78, 5) is 0. The first-order valence-corrected chi connectivity index (χ1v) is 5.70. The van der Waals surface area contributed by atoms with Crippen molar-refractivity contribution in [1.29, 1.82) is 0 Å². The summed E-state index contributed by atoms with van der Waals surface area (Å²) in [6, 6.07) is 0.398. The molecule has 0 aliphatic carbocycles. The van der Waals surface area contributed by atoms with E-state index >= 15 is 0 Å². The predicted molar refractivity (Wildman–Crippen MR) is 59.7 cm³/mol. The van der Waals surface area contributed by atoms with Crippen molar-refractivity contribution in [3.05, 3.63) is 11.4 Å². The molecule has 0 saturated carbocycles. The molecule has 0 aliphatic rings. The molecule has 0 fully saturated rings. The highest BCUT2D eigenvalue weighted by Crippen LogP contribution is 2.24. The fourth-order valence-corrected chi connectivity index (χ4v) is 1.95. The first-order valence-electron chi connectivity index (χ1n) is 5.70. The molecule has 1 N–H and O–H groups in total. The second kappa shape index (κ2) is 5.26. The van der Waals surface area contributed by atoms with E-state index in [1.807, 2.05) is 4.68 Å². The molecule has 0 aliphatic heterocycles. The lowest BCUT2D eigenvalue weighted by atomic mass is 10.1. The molecule has 0 spiro atoms. The van der Waals surface area contributed by atoms with Gasteiger partial charge in [-0.25, -0.2) is 4.68 Å². The van der Waals surface area contributed by atoms with Crippen LogP contribution in [-0.4, -0.2) is 20.1 Å². The van der Waals surface area contributed by atoms with Crippen molar-refractivity contribution in [3.8, 4) is 0 Å². The van der Waals surface area contributed by atoms with Crippen LogP contribution in [0, 0.1) is 0 Å². The van der Waals surface area contributed by atoms with Gasteiger partial charge in [-0.15, -0.1) is 5.10 Å². The molecule has 86 valence electrons. The second-order valence-electron chi connectivity index (χ2n) is 4.15. The van der Waals surface area contributed by atoms with Gasteiger partial charge >= 0.3 is 0 Å². The molecule has 15 heavy (non-hydrogen) atoms. The van der Waals surface area contributed by atoms with E-state index in [2.05, 4.69) is 38.0 Å². The Morgan fingerprint density at radius 2 is 1.87 bits per heavy atom. The van der Waals surface area contributed by atoms with Crippen LogP contribution in [0.2, 0.25) is 0 Å². The average molecular weight is 211 g/mol. The maximum atomic E-state index is 9.19. The van der Waals surface area contributed by atoms with Gasteiger partial charge in [-0.05, 0) is 18.8 Å². The molecule has 4 nitrogen and oxygen atoms in total. The topological polar surface area (TPSA) is 50.9 Å². The van der Waals surface area contributed by atoms with Crippen molar-refractivity contribution in [2.45, 2.75) is 59.1 Å². The lowest BCUT2D eigenvalue weighted by Crippen LogP contribution is -2.14. The van der Waals surface area contributed by atoms with Crippen LogP contribution in [-0.2, 0) is 6.61 Å². The minimum atomic E-state index is -0.0202. The zero-order valence-corrected chi connectivity index (χ0v) is 10.1. The molecule has 0 atom stereocenters. The van der Waals surface area contributed by atoms with Gasteiger partial charge in [0.2, 0.25) is 0 Å². The third kappa shape index (κ3) is 2.37. The Balaban J connectivity index is 3.11. The van der Waals surface area contributed by atoms with Crippen LogP contribution < -0.4 is 0 Å². The Labute approximate surface area is 91.3 Å². The van der Waals surface area contributed by atoms with E-state index in [1.54, 1.807) is 0 Å². The van der Waals surface area contributed by atoms with Gasteiger partial charge in [-0.1, -0.05) is 32.9 Å². The van der Waals surface area contributed by atoms with Gasteiger partial charge in [0.1, 0.15) is 5.69 Å². The van der Waals surface area contributed by atoms with Gasteiger partial charge in [0.15, 0.2) is 0 Å². The molecule has 4 heteroatoms. The fourth-order valence-electron chi connectivity index (χ4n) is 1.95. The number of aliphatic hydroxyl groups excluding tert-OH is 1. The largest absolute Gasteiger partial charge is 0.390 e. The highest BCUT2D eigenvalue weighted by atomic mass is 16.3. The van der Waals surface area contributed by atoms with E-state index in [1.165, 1.54) is 0 Å². The Bertz CT molecular complexity index is 303. The molecule has 1 rings (SSSR count). The standard InChI is InChI=1S/C11H21N3O/c1-5-9(6-2)14-11(8(3)4)10(7-15)12-13-14/h8-9,15H,5-7H2,1-4H3. The molecule has 1 aromatic heterocycles. The number of aromatic nitrogens is 3. The SMILES string of the molecule is CCC(CC)n1nnc(CO)c1C(C)C. The zero-order chi connectivity index (χ0) is 11.4. The van der Waals surface area contributed by atoms with Crippen molar-refractivity contribution in [2.75, 3.05) is 0 Å². The van der Waals surface area contributed by atoms with Crippen LogP contribution >= 0.6 is 0 Å². The number of rotatable bonds is 5. The van der Waals surface area contributed by atoms with E-state index in [0.717, 1.165) is 24.2 Å². The van der Waals surface area contributed by atoms with E-state index in [9.17, 15) is 5.11 Å². The van der Waals surface area contributed by atoms with Crippen LogP contribution in [0.1, 0.15) is 63.9 Å². The lowest BCUT2D eigenvalue weighted by molar-refractivity contribution is 0.274. The van der Waals surface area contributed by atoms with Crippen LogP contribution in [0.5, 0.6) is 0 Å². The Hall–Kier alpha value is -0.900. The van der Waals surface area contributed by atoms with Gasteiger partial charge in [0.25, 0.3) is 0 Å². The van der Waals surface area contributed by atoms with Gasteiger partial charge in [0.05, 0.1) is 18.3 Å². The summed E-state index contributed by atoms with van der Waals surface area (Å²) < 4.78 is 1.98. The summed E-state index contributed by atoms with van der Waals surface area (Å²) in [5.74, 6) is 0.350. The van der Waals surface area contributed by atoms with E-state index in [0.29, 0.717) is 12.0 Å². The van der Waals surface area contributed by atoms with Gasteiger partial charge in [-0.3, -0.25) is 0 Å². The van der Waals surface area contributed by atoms with Crippen molar-refractivity contribution in [3.63, 3.8) is 0 Å². The van der Waals surface area contributed by atoms with Crippen molar-refractivity contribution in [1.82, 2.24) is 15.0 Å². The maximum absolute atomic E-state index is 9.19. The summed E-state index contributed by atoms with van der Waals surface area (Å²) in [5.41, 5.74) is 1.79. The Morgan fingerprint density at radius 3 is 2.27 bits per heavy atom. The van der Waals surface area contributed by atoms with Gasteiger partial charge < -0.3 is 5.11 Å². The van der Waals surface area contributed by atoms with Gasteiger partial charge in [0, 0.05) is 0 Å². The van der Waals surface area contributed by atoms with Crippen LogP contribution in [0.15, 0.2) is 0 Å². The zero-order valence-electron chi connectivity index (χ0n) is 10.1. The second-order valence-corrected chi connectivity index (χ2v) is 4.15. The molecule has 0 saturated heterocycles. The average Bonchev–Trinajstić information content (AvgIpc) is 2.63. The van der Waals surface area contributed by atoms with Crippen molar-refractivity contribution < 1.29 is 5.11 Å². The number of aliphatic hydroxyl groups is 1. The summed E-state index contributed by atoms with van der Waals surface area (Å²) in [6.45, 7) is 8.50. The van der Waals surface area contributed by atoms with Crippen LogP contribution in [0.25, 0.3) is 0 Å².